The standard InChI is InChI=1S/C28H35N5O4S.C14H17N5.C13H19NO5S/c1-21-17-26(37-4)18-22(2)28(21)38(35,36)31(3)12-9-25(34)19-23-5-6-27(30-20-23)33-15-13-32(14-16-33)24-7-10-29-11-8-24;15-12-1-2-14(17-11-12)19-9-7-18(8-10-19)13-3-5-16-6-4-13;1-10-7-12(18-4)8-11(2)13(10)20(16,17)14(3)5-6-19-9-15/h5-8,10-11,17-18,20H,9,12-16,19H2,1-4H3;1-6,11H,7-10,15H2;7-9H,5-6H2,1-4H3. The highest BCUT2D eigenvalue weighted by molar-refractivity contribution is 7.89. The van der Waals surface area contributed by atoms with Crippen molar-refractivity contribution in [2.75, 3.05) is 126 Å². The Morgan fingerprint density at radius 3 is 1.38 bits per heavy atom. The molecule has 77 heavy (non-hydrogen) atoms. The summed E-state index contributed by atoms with van der Waals surface area (Å²) in [6.07, 6.45) is 11.1. The maximum Gasteiger partial charge on any atom is 0.293 e. The Bertz CT molecular complexity index is 3040. The molecule has 6 aromatic rings. The normalized spacial score (nSPS) is 13.8. The zero-order chi connectivity index (χ0) is 55.7. The second-order valence-corrected chi connectivity index (χ2v) is 22.6. The molecule has 2 aliphatic rings. The molecule has 2 saturated heterocycles. The Morgan fingerprint density at radius 1 is 0.597 bits per heavy atom. The summed E-state index contributed by atoms with van der Waals surface area (Å²) < 4.78 is 68.7. The van der Waals surface area contributed by atoms with Crippen LogP contribution in [0.25, 0.3) is 0 Å². The van der Waals surface area contributed by atoms with Crippen molar-refractivity contribution < 1.29 is 40.6 Å². The number of carbonyl (C=O) groups is 2. The van der Waals surface area contributed by atoms with Gasteiger partial charge in [-0.1, -0.05) is 6.07 Å². The van der Waals surface area contributed by atoms with Gasteiger partial charge in [-0.2, -0.15) is 4.31 Å². The molecule has 0 spiro atoms. The first-order valence-corrected chi connectivity index (χ1v) is 28.0. The average Bonchev–Trinajstić information content (AvgIpc) is 3.43. The Kier molecular flexibility index (Phi) is 21.1. The predicted octanol–water partition coefficient (Wildman–Crippen LogP) is 5.74. The van der Waals surface area contributed by atoms with E-state index >= 15 is 0 Å². The molecule has 0 aliphatic carbocycles. The van der Waals surface area contributed by atoms with E-state index in [1.807, 2.05) is 61.2 Å². The topological polar surface area (TPSA) is 227 Å². The molecular weight excluding hydrogens is 1020 g/mol. The van der Waals surface area contributed by atoms with E-state index in [2.05, 4.69) is 56.4 Å². The van der Waals surface area contributed by atoms with Gasteiger partial charge in [0.15, 0.2) is 0 Å². The number of hydrogen-bond acceptors (Lipinski definition) is 18. The number of sulfonamides is 2. The number of nitrogens with two attached hydrogens (primary N) is 1. The molecule has 0 radical (unpaired) electrons. The zero-order valence-corrected chi connectivity index (χ0v) is 46.8. The molecule has 2 N–H and O–H groups in total. The Labute approximate surface area is 453 Å². The molecule has 20 nitrogen and oxygen atoms in total. The number of nitrogen functional groups attached to an aromatic ring is 1. The third-order valence-corrected chi connectivity index (χ3v) is 17.5. The first kappa shape index (κ1) is 58.9. The van der Waals surface area contributed by atoms with Crippen LogP contribution in [0, 0.1) is 27.7 Å². The minimum atomic E-state index is -3.73. The van der Waals surface area contributed by atoms with Gasteiger partial charge < -0.3 is 39.5 Å². The van der Waals surface area contributed by atoms with E-state index < -0.39 is 20.0 Å². The third kappa shape index (κ3) is 15.8. The van der Waals surface area contributed by atoms with Gasteiger partial charge in [0.05, 0.1) is 35.9 Å². The number of anilines is 5. The van der Waals surface area contributed by atoms with Crippen molar-refractivity contribution in [3.05, 3.63) is 138 Å². The molecule has 6 heterocycles. The Hall–Kier alpha value is -7.40. The van der Waals surface area contributed by atoms with Crippen molar-refractivity contribution in [3.63, 3.8) is 0 Å². The minimum absolute atomic E-state index is 0.0213. The van der Waals surface area contributed by atoms with Crippen molar-refractivity contribution in [2.45, 2.75) is 50.3 Å². The lowest BCUT2D eigenvalue weighted by atomic mass is 10.1. The highest BCUT2D eigenvalue weighted by Crippen LogP contribution is 2.30. The maximum absolute atomic E-state index is 13.2. The summed E-state index contributed by atoms with van der Waals surface area (Å²) in [6, 6.07) is 22.7. The number of benzene rings is 2. The van der Waals surface area contributed by atoms with Gasteiger partial charge in [-0.05, 0) is 122 Å². The lowest BCUT2D eigenvalue weighted by Crippen LogP contribution is -2.46. The number of hydrogen-bond donors (Lipinski definition) is 1. The number of carbonyl (C=O) groups excluding carboxylic acids is 2. The number of aromatic nitrogens is 4. The molecule has 0 amide bonds. The molecule has 0 saturated carbocycles. The van der Waals surface area contributed by atoms with E-state index in [1.54, 1.807) is 71.5 Å². The summed E-state index contributed by atoms with van der Waals surface area (Å²) in [5, 5.41) is 0. The number of aryl methyl sites for hydroxylation is 4. The van der Waals surface area contributed by atoms with Crippen LogP contribution in [0.2, 0.25) is 0 Å². The van der Waals surface area contributed by atoms with Crippen LogP contribution in [0.15, 0.2) is 120 Å². The van der Waals surface area contributed by atoms with Gasteiger partial charge in [0, 0.05) is 135 Å². The summed E-state index contributed by atoms with van der Waals surface area (Å²) in [5.41, 5.74) is 12.1. The molecule has 2 aromatic carbocycles. The molecule has 2 aliphatic heterocycles. The van der Waals surface area contributed by atoms with E-state index in [0.717, 1.165) is 73.9 Å². The van der Waals surface area contributed by atoms with E-state index in [9.17, 15) is 26.4 Å². The second-order valence-electron chi connectivity index (χ2n) is 18.6. The average molecular weight is 1090 g/mol. The zero-order valence-electron chi connectivity index (χ0n) is 45.2. The second kappa shape index (κ2) is 27.6. The number of nitrogens with zero attached hydrogens (tertiary/aromatic N) is 10. The van der Waals surface area contributed by atoms with Crippen LogP contribution in [-0.2, 0) is 40.8 Å². The van der Waals surface area contributed by atoms with Gasteiger partial charge in [-0.15, -0.1) is 0 Å². The third-order valence-electron chi connectivity index (χ3n) is 13.2. The van der Waals surface area contributed by atoms with Crippen molar-refractivity contribution in [3.8, 4) is 11.5 Å². The van der Waals surface area contributed by atoms with Gasteiger partial charge in [-0.25, -0.2) is 31.1 Å². The fourth-order valence-electron chi connectivity index (χ4n) is 9.04. The van der Waals surface area contributed by atoms with E-state index in [-0.39, 0.29) is 48.1 Å². The SMILES string of the molecule is COc1cc(C)c(S(=O)(=O)N(C)CCC(=O)Cc2ccc(N3CCN(c4ccncc4)CC3)nc2)c(C)c1.COc1cc(C)c(S(=O)(=O)N(C)CCOC=O)c(C)c1.Nc1ccc(N2CCN(c3ccncc3)CC2)nc1. The molecule has 412 valence electrons. The molecule has 0 atom stereocenters. The first-order valence-electron chi connectivity index (χ1n) is 25.1. The summed E-state index contributed by atoms with van der Waals surface area (Å²) in [6.45, 7) is 14.9. The van der Waals surface area contributed by atoms with Crippen molar-refractivity contribution in [1.82, 2.24) is 28.5 Å². The van der Waals surface area contributed by atoms with Crippen molar-refractivity contribution in [2.24, 2.45) is 0 Å². The lowest BCUT2D eigenvalue weighted by Gasteiger charge is -2.36. The molecule has 8 rings (SSSR count). The number of ketones is 1. The number of rotatable bonds is 19. The summed E-state index contributed by atoms with van der Waals surface area (Å²) in [4.78, 5) is 49.6. The molecule has 0 unspecified atom stereocenters. The smallest absolute Gasteiger partial charge is 0.293 e. The van der Waals surface area contributed by atoms with Gasteiger partial charge >= 0.3 is 0 Å². The summed E-state index contributed by atoms with van der Waals surface area (Å²) in [5.74, 6) is 3.10. The highest BCUT2D eigenvalue weighted by atomic mass is 32.2. The lowest BCUT2D eigenvalue weighted by molar-refractivity contribution is -0.128. The van der Waals surface area contributed by atoms with E-state index in [0.29, 0.717) is 45.9 Å². The summed E-state index contributed by atoms with van der Waals surface area (Å²) in [7, 11) is -1.31. The number of Topliss-reactive ketones (excluding diaryl/α,β-unsaturated/α-hetero) is 1. The number of pyridine rings is 4. The molecule has 0 bridgehead atoms. The molecular formula is C55H71N11O9S2. The van der Waals surface area contributed by atoms with Crippen molar-refractivity contribution in [1.29, 1.82) is 0 Å². The number of likely N-dealkylation sites (N-methyl/N-ethyl adjacent to an activating group) is 1. The van der Waals surface area contributed by atoms with E-state index in [4.69, 9.17) is 15.2 Å². The van der Waals surface area contributed by atoms with Crippen LogP contribution in [0.1, 0.15) is 34.2 Å². The van der Waals surface area contributed by atoms with Crippen LogP contribution in [-0.4, -0.2) is 158 Å². The largest absolute Gasteiger partial charge is 0.497 e. The Balaban J connectivity index is 0.000000207. The Morgan fingerprint density at radius 2 is 1.00 bits per heavy atom. The first-order chi connectivity index (χ1) is 36.9. The summed E-state index contributed by atoms with van der Waals surface area (Å²) >= 11 is 0. The number of piperazine rings is 2. The fourth-order valence-corrected chi connectivity index (χ4v) is 12.2. The van der Waals surface area contributed by atoms with Gasteiger partial charge in [0.2, 0.25) is 20.0 Å². The number of ether oxygens (including phenoxy) is 3. The maximum atomic E-state index is 13.2. The fraction of sp³-hybridized carbons (Fsp3) is 0.382. The van der Waals surface area contributed by atoms with Crippen LogP contribution < -0.4 is 34.8 Å². The van der Waals surface area contributed by atoms with Crippen LogP contribution in [0.4, 0.5) is 28.7 Å². The van der Waals surface area contributed by atoms with Gasteiger partial charge in [0.25, 0.3) is 6.47 Å². The monoisotopic (exact) mass is 1090 g/mol. The highest BCUT2D eigenvalue weighted by Gasteiger charge is 2.28. The quantitative estimate of drug-likeness (QED) is 0.0753. The number of methoxy groups -OCH3 is 2. The van der Waals surface area contributed by atoms with E-state index in [1.165, 1.54) is 36.9 Å². The van der Waals surface area contributed by atoms with Gasteiger partial charge in [0.1, 0.15) is 35.5 Å². The minimum Gasteiger partial charge on any atom is -0.497 e. The van der Waals surface area contributed by atoms with Crippen LogP contribution in [0.3, 0.4) is 0 Å². The predicted molar refractivity (Wildman–Crippen MR) is 300 cm³/mol. The molecule has 2 fully saturated rings. The molecule has 4 aromatic heterocycles. The van der Waals surface area contributed by atoms with Gasteiger partial charge in [-0.3, -0.25) is 19.6 Å². The van der Waals surface area contributed by atoms with Crippen LogP contribution in [0.5, 0.6) is 11.5 Å². The van der Waals surface area contributed by atoms with Crippen molar-refractivity contribution >= 4 is 61.0 Å². The molecule has 22 heteroatoms. The van der Waals surface area contributed by atoms with Crippen LogP contribution >= 0.6 is 0 Å².